The summed E-state index contributed by atoms with van der Waals surface area (Å²) in [5.74, 6) is -0.136. The largest absolute Gasteiger partial charge is 0.469 e. The third-order valence-electron chi connectivity index (χ3n) is 5.22. The smallest absolute Gasteiger partial charge is 0.463 e. The van der Waals surface area contributed by atoms with Crippen LogP contribution in [0.15, 0.2) is 0 Å². The van der Waals surface area contributed by atoms with Gasteiger partial charge < -0.3 is 14.5 Å². The van der Waals surface area contributed by atoms with Crippen molar-refractivity contribution >= 4 is 13.8 Å². The first-order valence-electron chi connectivity index (χ1n) is 7.44. The highest BCUT2D eigenvalue weighted by Crippen LogP contribution is 2.55. The number of phosphoric ester groups is 1. The van der Waals surface area contributed by atoms with Crippen LogP contribution in [0.25, 0.3) is 0 Å². The van der Waals surface area contributed by atoms with Crippen LogP contribution in [0.2, 0.25) is 0 Å². The summed E-state index contributed by atoms with van der Waals surface area (Å²) in [6.07, 6.45) is 0. The molecular formula is C15H31O6P. The molecule has 0 spiro atoms. The van der Waals surface area contributed by atoms with Crippen molar-refractivity contribution in [3.8, 4) is 0 Å². The average Bonchev–Trinajstić information content (AvgIpc) is 2.30. The Kier molecular flexibility index (Phi) is 6.86. The molecule has 0 saturated carbocycles. The van der Waals surface area contributed by atoms with Crippen molar-refractivity contribution in [1.82, 2.24) is 0 Å². The van der Waals surface area contributed by atoms with Gasteiger partial charge in [-0.1, -0.05) is 48.5 Å². The standard InChI is InChI=1S/C15H31O6P/c1-11(2)14(6,7)15(8,13(3,4)5)12(16)20-9-10-21-22(17,18)19/h11H,9-10H2,1-8H3,(H2,17,18,19). The van der Waals surface area contributed by atoms with E-state index in [9.17, 15) is 9.36 Å². The molecule has 0 amide bonds. The fourth-order valence-corrected chi connectivity index (χ4v) is 2.86. The second-order valence-electron chi connectivity index (χ2n) is 7.71. The lowest BCUT2D eigenvalue weighted by molar-refractivity contribution is -0.178. The predicted molar refractivity (Wildman–Crippen MR) is 85.1 cm³/mol. The zero-order valence-corrected chi connectivity index (χ0v) is 15.9. The molecule has 2 N–H and O–H groups in total. The van der Waals surface area contributed by atoms with E-state index in [2.05, 4.69) is 18.4 Å². The first-order valence-corrected chi connectivity index (χ1v) is 8.97. The van der Waals surface area contributed by atoms with Crippen LogP contribution in [0.1, 0.15) is 55.4 Å². The summed E-state index contributed by atoms with van der Waals surface area (Å²) in [6.45, 7) is 15.5. The molecule has 1 unspecified atom stereocenters. The molecule has 0 aromatic carbocycles. The van der Waals surface area contributed by atoms with Gasteiger partial charge in [0.05, 0.1) is 12.0 Å². The summed E-state index contributed by atoms with van der Waals surface area (Å²) in [5.41, 5.74) is -1.44. The number of hydrogen-bond donors (Lipinski definition) is 2. The highest BCUT2D eigenvalue weighted by atomic mass is 31.2. The Bertz CT molecular complexity index is 432. The van der Waals surface area contributed by atoms with Gasteiger partial charge in [-0.3, -0.25) is 9.32 Å². The molecule has 0 radical (unpaired) electrons. The first kappa shape index (κ1) is 21.6. The number of rotatable bonds is 7. The summed E-state index contributed by atoms with van der Waals surface area (Å²) in [7, 11) is -4.54. The van der Waals surface area contributed by atoms with E-state index < -0.39 is 13.2 Å². The molecule has 0 aromatic heterocycles. The third kappa shape index (κ3) is 4.79. The van der Waals surface area contributed by atoms with Gasteiger partial charge in [0.25, 0.3) is 0 Å². The molecule has 0 heterocycles. The van der Waals surface area contributed by atoms with E-state index in [0.717, 1.165) is 0 Å². The zero-order valence-electron chi connectivity index (χ0n) is 15.0. The molecule has 0 aromatic rings. The summed E-state index contributed by atoms with van der Waals surface area (Å²) >= 11 is 0. The lowest BCUT2D eigenvalue weighted by atomic mass is 9.51. The molecule has 0 aliphatic carbocycles. The van der Waals surface area contributed by atoms with E-state index >= 15 is 0 Å². The summed E-state index contributed by atoms with van der Waals surface area (Å²) in [6, 6.07) is 0. The normalized spacial score (nSPS) is 16.5. The Labute approximate surface area is 133 Å². The van der Waals surface area contributed by atoms with Crippen LogP contribution in [0.3, 0.4) is 0 Å². The van der Waals surface area contributed by atoms with Gasteiger partial charge in [0.1, 0.15) is 6.61 Å². The fraction of sp³-hybridized carbons (Fsp3) is 0.933. The maximum Gasteiger partial charge on any atom is 0.469 e. The van der Waals surface area contributed by atoms with Gasteiger partial charge in [-0.25, -0.2) is 4.57 Å². The molecule has 1 atom stereocenters. The Balaban J connectivity index is 5.16. The number of carbonyl (C=O) groups is 1. The van der Waals surface area contributed by atoms with Crippen molar-refractivity contribution in [2.45, 2.75) is 55.4 Å². The highest BCUT2D eigenvalue weighted by molar-refractivity contribution is 7.46. The Morgan fingerprint density at radius 1 is 1.05 bits per heavy atom. The number of carbonyl (C=O) groups excluding carboxylic acids is 1. The maximum absolute atomic E-state index is 12.7. The van der Waals surface area contributed by atoms with E-state index in [-0.39, 0.29) is 35.9 Å². The monoisotopic (exact) mass is 338 g/mol. The Hall–Kier alpha value is -0.420. The Morgan fingerprint density at radius 3 is 1.82 bits per heavy atom. The van der Waals surface area contributed by atoms with Crippen molar-refractivity contribution in [3.05, 3.63) is 0 Å². The quantitative estimate of drug-likeness (QED) is 0.420. The predicted octanol–water partition coefficient (Wildman–Crippen LogP) is 3.37. The van der Waals surface area contributed by atoms with E-state index in [4.69, 9.17) is 14.5 Å². The van der Waals surface area contributed by atoms with Gasteiger partial charge in [-0.05, 0) is 23.7 Å². The Morgan fingerprint density at radius 2 is 1.50 bits per heavy atom. The SMILES string of the molecule is CC(C)C(C)(C)C(C)(C(=O)OCCOP(=O)(O)O)C(C)(C)C. The van der Waals surface area contributed by atoms with E-state index in [0.29, 0.717) is 0 Å². The molecule has 0 bridgehead atoms. The number of phosphoric acid groups is 1. The molecule has 22 heavy (non-hydrogen) atoms. The third-order valence-corrected chi connectivity index (χ3v) is 5.74. The summed E-state index contributed by atoms with van der Waals surface area (Å²) in [5, 5.41) is 0. The molecule has 0 saturated heterocycles. The first-order chi connectivity index (χ1) is 9.57. The molecule has 132 valence electrons. The highest BCUT2D eigenvalue weighted by Gasteiger charge is 2.56. The van der Waals surface area contributed by atoms with Crippen LogP contribution in [0.4, 0.5) is 0 Å². The summed E-state index contributed by atoms with van der Waals surface area (Å²) < 4.78 is 20.2. The second kappa shape index (κ2) is 7.00. The van der Waals surface area contributed by atoms with Crippen LogP contribution >= 0.6 is 7.82 Å². The van der Waals surface area contributed by atoms with E-state index in [1.54, 1.807) is 0 Å². The number of esters is 1. The zero-order chi connectivity index (χ0) is 18.0. The number of hydrogen-bond acceptors (Lipinski definition) is 4. The minimum absolute atomic E-state index is 0.191. The van der Waals surface area contributed by atoms with Crippen LogP contribution in [-0.2, 0) is 18.6 Å². The van der Waals surface area contributed by atoms with Crippen LogP contribution in [-0.4, -0.2) is 29.0 Å². The average molecular weight is 338 g/mol. The van der Waals surface area contributed by atoms with Gasteiger partial charge in [0.2, 0.25) is 0 Å². The van der Waals surface area contributed by atoms with Gasteiger partial charge in [-0.15, -0.1) is 0 Å². The minimum Gasteiger partial charge on any atom is -0.463 e. The van der Waals surface area contributed by atoms with Crippen LogP contribution < -0.4 is 0 Å². The number of ether oxygens (including phenoxy) is 1. The molecule has 0 aliphatic heterocycles. The van der Waals surface area contributed by atoms with Gasteiger partial charge >= 0.3 is 13.8 Å². The van der Waals surface area contributed by atoms with Crippen molar-refractivity contribution in [2.75, 3.05) is 13.2 Å². The van der Waals surface area contributed by atoms with Crippen molar-refractivity contribution in [3.63, 3.8) is 0 Å². The van der Waals surface area contributed by atoms with Gasteiger partial charge in [0.15, 0.2) is 0 Å². The van der Waals surface area contributed by atoms with E-state index in [1.165, 1.54) is 0 Å². The lowest BCUT2D eigenvalue weighted by Crippen LogP contribution is -2.54. The fourth-order valence-electron chi connectivity index (χ4n) is 2.55. The molecule has 0 fully saturated rings. The molecule has 0 rings (SSSR count). The molecular weight excluding hydrogens is 307 g/mol. The molecule has 6 nitrogen and oxygen atoms in total. The topological polar surface area (TPSA) is 93.1 Å². The van der Waals surface area contributed by atoms with Crippen molar-refractivity contribution < 1.29 is 28.4 Å². The van der Waals surface area contributed by atoms with Crippen LogP contribution in [0, 0.1) is 22.2 Å². The van der Waals surface area contributed by atoms with Crippen molar-refractivity contribution in [1.29, 1.82) is 0 Å². The molecule has 7 heteroatoms. The lowest BCUT2D eigenvalue weighted by Gasteiger charge is -2.52. The molecule has 0 aliphatic rings. The second-order valence-corrected chi connectivity index (χ2v) is 8.95. The maximum atomic E-state index is 12.7. The minimum atomic E-state index is -4.54. The van der Waals surface area contributed by atoms with Gasteiger partial charge in [0, 0.05) is 0 Å². The van der Waals surface area contributed by atoms with Crippen LogP contribution in [0.5, 0.6) is 0 Å². The van der Waals surface area contributed by atoms with E-state index in [1.807, 2.05) is 41.5 Å². The summed E-state index contributed by atoms with van der Waals surface area (Å²) in [4.78, 5) is 30.0. The van der Waals surface area contributed by atoms with Gasteiger partial charge in [-0.2, -0.15) is 0 Å². The van der Waals surface area contributed by atoms with Crippen molar-refractivity contribution in [2.24, 2.45) is 22.2 Å².